The van der Waals surface area contributed by atoms with Crippen molar-refractivity contribution >= 4 is 33.2 Å². The van der Waals surface area contributed by atoms with Crippen LogP contribution in [-0.2, 0) is 14.8 Å². The summed E-state index contributed by atoms with van der Waals surface area (Å²) in [5, 5.41) is 3.50. The van der Waals surface area contributed by atoms with Gasteiger partial charge in [0.1, 0.15) is 10.7 Å². The number of nitrogens with zero attached hydrogens (tertiary/aromatic N) is 2. The maximum absolute atomic E-state index is 13.8. The molecule has 1 saturated heterocycles. The molecule has 9 heteroatoms. The first-order valence-corrected chi connectivity index (χ1v) is 10.2. The van der Waals surface area contributed by atoms with Crippen LogP contribution in [0.3, 0.4) is 0 Å². The van der Waals surface area contributed by atoms with Crippen molar-refractivity contribution in [2.75, 3.05) is 38.0 Å². The van der Waals surface area contributed by atoms with E-state index in [4.69, 9.17) is 11.6 Å². The molecular formula is C18H19ClFN3O3S. The van der Waals surface area contributed by atoms with E-state index in [2.05, 4.69) is 5.32 Å². The molecule has 0 unspecified atom stereocenters. The number of carbonyl (C=O) groups is 1. The Morgan fingerprint density at radius 3 is 2.33 bits per heavy atom. The third-order valence-electron chi connectivity index (χ3n) is 4.35. The van der Waals surface area contributed by atoms with Gasteiger partial charge in [-0.15, -0.1) is 0 Å². The highest BCUT2D eigenvalue weighted by Crippen LogP contribution is 2.21. The fraction of sp³-hybridized carbons (Fsp3) is 0.278. The molecule has 6 nitrogen and oxygen atoms in total. The molecule has 0 spiro atoms. The van der Waals surface area contributed by atoms with Crippen LogP contribution in [0.25, 0.3) is 0 Å². The Morgan fingerprint density at radius 2 is 1.67 bits per heavy atom. The number of hydrogen-bond donors (Lipinski definition) is 1. The summed E-state index contributed by atoms with van der Waals surface area (Å²) in [5.41, 5.74) is 0.660. The van der Waals surface area contributed by atoms with Crippen LogP contribution in [0.15, 0.2) is 53.4 Å². The van der Waals surface area contributed by atoms with Crippen LogP contribution >= 0.6 is 11.6 Å². The fourth-order valence-corrected chi connectivity index (χ4v) is 4.55. The number of carbonyl (C=O) groups excluding carboxylic acids is 1. The summed E-state index contributed by atoms with van der Waals surface area (Å²) in [6, 6.07) is 12.4. The van der Waals surface area contributed by atoms with E-state index in [1.54, 1.807) is 23.1 Å². The van der Waals surface area contributed by atoms with E-state index in [1.165, 1.54) is 22.5 Å². The van der Waals surface area contributed by atoms with Crippen LogP contribution in [0.2, 0.25) is 5.02 Å². The van der Waals surface area contributed by atoms with Crippen molar-refractivity contribution in [3.8, 4) is 0 Å². The van der Waals surface area contributed by atoms with Crippen LogP contribution in [0.5, 0.6) is 0 Å². The molecule has 1 fully saturated rings. The van der Waals surface area contributed by atoms with Gasteiger partial charge in [-0.1, -0.05) is 35.9 Å². The van der Waals surface area contributed by atoms with Crippen LogP contribution in [-0.4, -0.2) is 56.3 Å². The number of rotatable bonds is 5. The topological polar surface area (TPSA) is 69.7 Å². The Bertz CT molecular complexity index is 931. The lowest BCUT2D eigenvalue weighted by Crippen LogP contribution is -2.51. The smallest absolute Gasteiger partial charge is 0.246 e. The van der Waals surface area contributed by atoms with Gasteiger partial charge in [-0.05, 0) is 24.3 Å². The standard InChI is InChI=1S/C18H19ClFN3O3S/c19-14-5-1-3-7-16(14)21-13-18(24)22-9-11-23(12-10-22)27(25,26)17-8-4-2-6-15(17)20/h1-8,21H,9-13H2. The summed E-state index contributed by atoms with van der Waals surface area (Å²) in [7, 11) is -3.92. The summed E-state index contributed by atoms with van der Waals surface area (Å²) in [5.74, 6) is -0.933. The number of sulfonamides is 1. The zero-order valence-corrected chi connectivity index (χ0v) is 16.0. The van der Waals surface area contributed by atoms with Crippen molar-refractivity contribution in [3.05, 3.63) is 59.4 Å². The predicted molar refractivity (Wildman–Crippen MR) is 102 cm³/mol. The number of amides is 1. The Kier molecular flexibility index (Phi) is 5.98. The summed E-state index contributed by atoms with van der Waals surface area (Å²) in [4.78, 5) is 13.6. The second-order valence-electron chi connectivity index (χ2n) is 6.05. The molecule has 0 saturated carbocycles. The lowest BCUT2D eigenvalue weighted by molar-refractivity contribution is -0.130. The van der Waals surface area contributed by atoms with Crippen molar-refractivity contribution < 1.29 is 17.6 Å². The van der Waals surface area contributed by atoms with E-state index in [0.29, 0.717) is 10.7 Å². The van der Waals surface area contributed by atoms with E-state index in [1.807, 2.05) is 6.07 Å². The van der Waals surface area contributed by atoms with E-state index < -0.39 is 15.8 Å². The van der Waals surface area contributed by atoms with Gasteiger partial charge in [-0.3, -0.25) is 4.79 Å². The van der Waals surface area contributed by atoms with Crippen molar-refractivity contribution in [3.63, 3.8) is 0 Å². The average Bonchev–Trinajstić information content (AvgIpc) is 2.67. The Balaban J connectivity index is 1.58. The molecule has 1 heterocycles. The molecule has 0 aliphatic carbocycles. The van der Waals surface area contributed by atoms with Crippen molar-refractivity contribution in [1.29, 1.82) is 0 Å². The highest BCUT2D eigenvalue weighted by Gasteiger charge is 2.31. The summed E-state index contributed by atoms with van der Waals surface area (Å²) >= 11 is 6.04. The van der Waals surface area contributed by atoms with Crippen molar-refractivity contribution in [2.45, 2.75) is 4.90 Å². The van der Waals surface area contributed by atoms with Gasteiger partial charge in [0.15, 0.2) is 0 Å². The van der Waals surface area contributed by atoms with Gasteiger partial charge >= 0.3 is 0 Å². The first kappa shape index (κ1) is 19.6. The summed E-state index contributed by atoms with van der Waals surface area (Å²) in [6.45, 7) is 0.792. The maximum Gasteiger partial charge on any atom is 0.246 e. The largest absolute Gasteiger partial charge is 0.375 e. The zero-order valence-electron chi connectivity index (χ0n) is 14.4. The molecule has 3 rings (SSSR count). The molecule has 0 radical (unpaired) electrons. The van der Waals surface area contributed by atoms with Crippen LogP contribution < -0.4 is 5.32 Å². The van der Waals surface area contributed by atoms with Gasteiger partial charge in [0.25, 0.3) is 0 Å². The summed E-state index contributed by atoms with van der Waals surface area (Å²) < 4.78 is 40.2. The number of anilines is 1. The van der Waals surface area contributed by atoms with Crippen LogP contribution in [0.1, 0.15) is 0 Å². The number of nitrogens with one attached hydrogen (secondary N) is 1. The fourth-order valence-electron chi connectivity index (χ4n) is 2.86. The number of halogens is 2. The molecular weight excluding hydrogens is 393 g/mol. The monoisotopic (exact) mass is 411 g/mol. The minimum Gasteiger partial charge on any atom is -0.375 e. The van der Waals surface area contributed by atoms with E-state index in [9.17, 15) is 17.6 Å². The molecule has 0 bridgehead atoms. The van der Waals surface area contributed by atoms with Gasteiger partial charge < -0.3 is 10.2 Å². The van der Waals surface area contributed by atoms with E-state index in [0.717, 1.165) is 6.07 Å². The Morgan fingerprint density at radius 1 is 1.04 bits per heavy atom. The molecule has 0 aromatic heterocycles. The summed E-state index contributed by atoms with van der Waals surface area (Å²) in [6.07, 6.45) is 0. The SMILES string of the molecule is O=C(CNc1ccccc1Cl)N1CCN(S(=O)(=O)c2ccccc2F)CC1. The maximum atomic E-state index is 13.8. The van der Waals surface area contributed by atoms with Gasteiger partial charge in [0, 0.05) is 26.2 Å². The lowest BCUT2D eigenvalue weighted by atomic mass is 10.3. The first-order valence-electron chi connectivity index (χ1n) is 8.40. The third-order valence-corrected chi connectivity index (χ3v) is 6.61. The van der Waals surface area contributed by atoms with Crippen molar-refractivity contribution in [2.24, 2.45) is 0 Å². The van der Waals surface area contributed by atoms with Gasteiger partial charge in [0.05, 0.1) is 17.3 Å². The molecule has 1 aliphatic heterocycles. The molecule has 0 atom stereocenters. The molecule has 1 amide bonds. The minimum atomic E-state index is -3.92. The molecule has 1 N–H and O–H groups in total. The van der Waals surface area contributed by atoms with E-state index in [-0.39, 0.29) is 43.5 Å². The second-order valence-corrected chi connectivity index (χ2v) is 8.36. The minimum absolute atomic E-state index is 0.0593. The zero-order chi connectivity index (χ0) is 19.4. The first-order chi connectivity index (χ1) is 12.9. The van der Waals surface area contributed by atoms with Crippen molar-refractivity contribution in [1.82, 2.24) is 9.21 Å². The van der Waals surface area contributed by atoms with Crippen LogP contribution in [0.4, 0.5) is 10.1 Å². The highest BCUT2D eigenvalue weighted by molar-refractivity contribution is 7.89. The lowest BCUT2D eigenvalue weighted by Gasteiger charge is -2.34. The molecule has 2 aromatic carbocycles. The number of para-hydroxylation sites is 1. The normalized spacial score (nSPS) is 15.6. The van der Waals surface area contributed by atoms with E-state index >= 15 is 0 Å². The predicted octanol–water partition coefficient (Wildman–Crippen LogP) is 2.42. The van der Waals surface area contributed by atoms with Gasteiger partial charge in [-0.25, -0.2) is 12.8 Å². The molecule has 27 heavy (non-hydrogen) atoms. The number of piperazine rings is 1. The Labute approximate surface area is 162 Å². The number of benzene rings is 2. The molecule has 1 aliphatic rings. The molecule has 144 valence electrons. The number of hydrogen-bond acceptors (Lipinski definition) is 4. The quantitative estimate of drug-likeness (QED) is 0.820. The second kappa shape index (κ2) is 8.24. The molecule has 2 aromatic rings. The van der Waals surface area contributed by atoms with Gasteiger partial charge in [0.2, 0.25) is 15.9 Å². The van der Waals surface area contributed by atoms with Crippen LogP contribution in [0, 0.1) is 5.82 Å². The highest BCUT2D eigenvalue weighted by atomic mass is 35.5. The Hall–Kier alpha value is -2.16. The average molecular weight is 412 g/mol. The third kappa shape index (κ3) is 4.40. The van der Waals surface area contributed by atoms with Gasteiger partial charge in [-0.2, -0.15) is 4.31 Å².